The first kappa shape index (κ1) is 35.0. The van der Waals surface area contributed by atoms with Gasteiger partial charge >= 0.3 is 0 Å². The van der Waals surface area contributed by atoms with Crippen LogP contribution in [0.1, 0.15) is 93.9 Å². The minimum Gasteiger partial charge on any atom is -0.353 e. The highest BCUT2D eigenvalue weighted by Gasteiger charge is 2.46. The van der Waals surface area contributed by atoms with Crippen LogP contribution in [-0.4, -0.2) is 19.5 Å². The summed E-state index contributed by atoms with van der Waals surface area (Å²) in [5.41, 5.74) is 5.73. The van der Waals surface area contributed by atoms with Crippen LogP contribution in [0.2, 0.25) is 0 Å². The second kappa shape index (κ2) is 19.0. The lowest BCUT2D eigenvalue weighted by molar-refractivity contribution is -0.146. The van der Waals surface area contributed by atoms with Gasteiger partial charge in [-0.25, -0.2) is 0 Å². The van der Waals surface area contributed by atoms with E-state index in [1.54, 1.807) is 0 Å². The third-order valence-electron chi connectivity index (χ3n) is 7.95. The van der Waals surface area contributed by atoms with Crippen molar-refractivity contribution < 1.29 is 9.47 Å². The fourth-order valence-corrected chi connectivity index (χ4v) is 13.8. The van der Waals surface area contributed by atoms with Crippen molar-refractivity contribution in [3.05, 3.63) is 101 Å². The molecular weight excluding hydrogens is 646 g/mol. The zero-order chi connectivity index (χ0) is 30.2. The molecular formula is C38H53IO2P+. The van der Waals surface area contributed by atoms with Gasteiger partial charge in [0, 0.05) is 13.2 Å². The standard InChI is InChI=1S/C38H53IO2P/c1-6-29-40-38(41-30-7-2)28-15-13-11-9-8-10-12-14-23-34-24-20-27-37(33(34)5)42(39,35-25-18-16-21-31(35)3)36-26-19-17-22-32(36)4/h8,10,16-22,24-27,38H,6-7,9,11-15,23,28-30H2,1-5H3/q+1/b10-8-. The number of unbranched alkanes of at least 4 members (excludes halogenated alkanes) is 4. The van der Waals surface area contributed by atoms with Gasteiger partial charge in [0.05, 0.1) is 0 Å². The van der Waals surface area contributed by atoms with Gasteiger partial charge in [0.1, 0.15) is 15.9 Å². The zero-order valence-corrected chi connectivity index (χ0v) is 29.8. The molecule has 3 aromatic carbocycles. The molecule has 0 aromatic heterocycles. The molecule has 0 N–H and O–H groups in total. The molecule has 0 spiro atoms. The molecule has 0 aliphatic carbocycles. The van der Waals surface area contributed by atoms with Crippen LogP contribution in [0.5, 0.6) is 0 Å². The van der Waals surface area contributed by atoms with Crippen molar-refractivity contribution in [2.24, 2.45) is 0 Å². The van der Waals surface area contributed by atoms with Gasteiger partial charge in [-0.15, -0.1) is 0 Å². The van der Waals surface area contributed by atoms with Gasteiger partial charge in [-0.1, -0.05) is 81.0 Å². The second-order valence-corrected chi connectivity index (χ2v) is 18.4. The Labute approximate surface area is 270 Å². The Morgan fingerprint density at radius 3 is 1.79 bits per heavy atom. The van der Waals surface area contributed by atoms with Crippen LogP contribution in [0.15, 0.2) is 78.9 Å². The second-order valence-electron chi connectivity index (χ2n) is 11.4. The van der Waals surface area contributed by atoms with Crippen LogP contribution in [-0.2, 0) is 15.9 Å². The lowest BCUT2D eigenvalue weighted by atomic mass is 10.0. The number of ether oxygens (including phenoxy) is 2. The Balaban J connectivity index is 1.56. The van der Waals surface area contributed by atoms with Crippen molar-refractivity contribution in [1.29, 1.82) is 0 Å². The minimum absolute atomic E-state index is 0.0182. The molecule has 3 rings (SSSR count). The van der Waals surface area contributed by atoms with E-state index in [1.807, 2.05) is 0 Å². The van der Waals surface area contributed by atoms with Crippen molar-refractivity contribution in [2.75, 3.05) is 13.2 Å². The van der Waals surface area contributed by atoms with Crippen molar-refractivity contribution in [1.82, 2.24) is 0 Å². The largest absolute Gasteiger partial charge is 0.353 e. The number of aryl methyl sites for hydroxylation is 3. The summed E-state index contributed by atoms with van der Waals surface area (Å²) in [7, 11) is 0. The van der Waals surface area contributed by atoms with Crippen LogP contribution in [0.3, 0.4) is 0 Å². The molecule has 0 bridgehead atoms. The summed E-state index contributed by atoms with van der Waals surface area (Å²) in [6.07, 6.45) is 16.1. The summed E-state index contributed by atoms with van der Waals surface area (Å²) in [6, 6.07) is 25.0. The Bertz CT molecular complexity index is 1180. The van der Waals surface area contributed by atoms with Gasteiger partial charge < -0.3 is 9.47 Å². The van der Waals surface area contributed by atoms with E-state index in [0.717, 1.165) is 45.3 Å². The number of allylic oxidation sites excluding steroid dienone is 2. The Kier molecular flexibility index (Phi) is 15.8. The quantitative estimate of drug-likeness (QED) is 0.0408. The zero-order valence-electron chi connectivity index (χ0n) is 26.7. The van der Waals surface area contributed by atoms with Crippen molar-refractivity contribution in [3.8, 4) is 0 Å². The van der Waals surface area contributed by atoms with E-state index >= 15 is 0 Å². The molecule has 0 aliphatic rings. The molecule has 0 aliphatic heterocycles. The fraction of sp³-hybridized carbons (Fsp3) is 0.474. The molecule has 0 radical (unpaired) electrons. The Morgan fingerprint density at radius 1 is 0.667 bits per heavy atom. The monoisotopic (exact) mass is 699 g/mol. The summed E-state index contributed by atoms with van der Waals surface area (Å²) in [6.45, 7) is 12.8. The van der Waals surface area contributed by atoms with Crippen LogP contribution < -0.4 is 15.9 Å². The van der Waals surface area contributed by atoms with Crippen molar-refractivity contribution in [3.63, 3.8) is 0 Å². The van der Waals surface area contributed by atoms with E-state index in [0.29, 0.717) is 0 Å². The van der Waals surface area contributed by atoms with Crippen molar-refractivity contribution in [2.45, 2.75) is 105 Å². The number of hydrogen-bond donors (Lipinski definition) is 0. The van der Waals surface area contributed by atoms with Gasteiger partial charge in [0.25, 0.3) is 0 Å². The first-order chi connectivity index (χ1) is 20.4. The number of hydrogen-bond acceptors (Lipinski definition) is 2. The predicted molar refractivity (Wildman–Crippen MR) is 195 cm³/mol. The van der Waals surface area contributed by atoms with Gasteiger partial charge in [-0.05, 0) is 119 Å². The Morgan fingerprint density at radius 2 is 1.21 bits per heavy atom. The summed E-state index contributed by atoms with van der Waals surface area (Å²) in [5.74, 6) is 0. The van der Waals surface area contributed by atoms with E-state index in [9.17, 15) is 0 Å². The number of rotatable bonds is 19. The van der Waals surface area contributed by atoms with E-state index in [1.165, 1.54) is 70.3 Å². The van der Waals surface area contributed by atoms with Crippen LogP contribution in [0, 0.1) is 20.8 Å². The van der Waals surface area contributed by atoms with Gasteiger partial charge in [0.15, 0.2) is 33.2 Å². The average Bonchev–Trinajstić information content (AvgIpc) is 2.99. The summed E-state index contributed by atoms with van der Waals surface area (Å²) >= 11 is 2.84. The Hall–Kier alpha value is -1.52. The average molecular weight is 700 g/mol. The normalized spacial score (nSPS) is 12.1. The maximum Gasteiger partial charge on any atom is 0.173 e. The highest BCUT2D eigenvalue weighted by molar-refractivity contribution is 14.2. The highest BCUT2D eigenvalue weighted by atomic mass is 127. The van der Waals surface area contributed by atoms with Gasteiger partial charge in [0.2, 0.25) is 0 Å². The predicted octanol–water partition coefficient (Wildman–Crippen LogP) is 10.3. The molecule has 42 heavy (non-hydrogen) atoms. The van der Waals surface area contributed by atoms with Gasteiger partial charge in [-0.3, -0.25) is 0 Å². The lowest BCUT2D eigenvalue weighted by Crippen LogP contribution is -2.31. The van der Waals surface area contributed by atoms with Crippen molar-refractivity contribution >= 4 is 42.9 Å². The summed E-state index contributed by atoms with van der Waals surface area (Å²) in [5, 5.41) is 4.49. The third kappa shape index (κ3) is 10.0. The first-order valence-electron chi connectivity index (χ1n) is 16.1. The molecule has 228 valence electrons. The van der Waals surface area contributed by atoms with Gasteiger partial charge in [-0.2, -0.15) is 0 Å². The molecule has 0 saturated carbocycles. The molecule has 2 nitrogen and oxygen atoms in total. The SMILES string of the molecule is CCCOC(CCCCC/C=C\CCCc1cccc([P+](I)(c2ccccc2C)c2ccccc2C)c1C)OCCC. The molecule has 3 aromatic rings. The molecule has 0 atom stereocenters. The summed E-state index contributed by atoms with van der Waals surface area (Å²) < 4.78 is 11.7. The molecule has 0 amide bonds. The maximum atomic E-state index is 5.86. The summed E-state index contributed by atoms with van der Waals surface area (Å²) in [4.78, 5) is -1.81. The fourth-order valence-electron chi connectivity index (χ4n) is 5.59. The van der Waals surface area contributed by atoms with Crippen LogP contribution in [0.4, 0.5) is 0 Å². The highest BCUT2D eigenvalue weighted by Crippen LogP contribution is 2.65. The van der Waals surface area contributed by atoms with E-state index in [-0.39, 0.29) is 6.29 Å². The minimum atomic E-state index is -1.81. The molecule has 0 saturated heterocycles. The van der Waals surface area contributed by atoms with E-state index in [2.05, 4.69) is 136 Å². The van der Waals surface area contributed by atoms with E-state index < -0.39 is 4.90 Å². The lowest BCUT2D eigenvalue weighted by Gasteiger charge is -2.25. The topological polar surface area (TPSA) is 18.5 Å². The molecule has 0 fully saturated rings. The van der Waals surface area contributed by atoms with Crippen LogP contribution in [0.25, 0.3) is 0 Å². The van der Waals surface area contributed by atoms with E-state index in [4.69, 9.17) is 9.47 Å². The number of benzene rings is 3. The molecule has 0 heterocycles. The maximum absolute atomic E-state index is 5.86. The molecule has 0 unspecified atom stereocenters. The smallest absolute Gasteiger partial charge is 0.173 e. The van der Waals surface area contributed by atoms with Crippen LogP contribution >= 0.6 is 26.9 Å². The first-order valence-corrected chi connectivity index (χ1v) is 20.7. The third-order valence-corrected chi connectivity index (χ3v) is 16.1. The number of halogens is 1. The molecule has 4 heteroatoms.